The number of halogens is 1. The predicted octanol–water partition coefficient (Wildman–Crippen LogP) is 2.04. The van der Waals surface area contributed by atoms with E-state index in [4.69, 9.17) is 5.11 Å². The predicted molar refractivity (Wildman–Crippen MR) is 58.1 cm³/mol. The Morgan fingerprint density at radius 3 is 2.87 bits per heavy atom. The lowest BCUT2D eigenvalue weighted by atomic mass is 10.00. The van der Waals surface area contributed by atoms with Crippen molar-refractivity contribution in [2.75, 3.05) is 11.9 Å². The van der Waals surface area contributed by atoms with Crippen molar-refractivity contribution in [2.45, 2.75) is 26.3 Å². The summed E-state index contributed by atoms with van der Waals surface area (Å²) in [5.41, 5.74) is 0. The summed E-state index contributed by atoms with van der Waals surface area (Å²) in [6.45, 7) is 4.02. The summed E-state index contributed by atoms with van der Waals surface area (Å²) in [6.07, 6.45) is 2.45. The molecule has 1 aromatic heterocycles. The number of hydrogen-bond acceptors (Lipinski definition) is 3. The number of hydrogen-bond donors (Lipinski definition) is 2. The molecule has 0 saturated carbocycles. The molecule has 0 aliphatic carbocycles. The largest absolute Gasteiger partial charge is 0.394 e. The number of nitrogens with one attached hydrogen (secondary N) is 1. The van der Waals surface area contributed by atoms with E-state index in [0.29, 0.717) is 0 Å². The van der Waals surface area contributed by atoms with Gasteiger partial charge in [-0.25, -0.2) is 9.37 Å². The van der Waals surface area contributed by atoms with E-state index >= 15 is 0 Å². The maximum atomic E-state index is 13.2. The van der Waals surface area contributed by atoms with E-state index in [1.807, 2.05) is 13.8 Å². The quantitative estimate of drug-likeness (QED) is 0.785. The summed E-state index contributed by atoms with van der Waals surface area (Å²) in [7, 11) is 0. The topological polar surface area (TPSA) is 45.1 Å². The minimum absolute atomic E-state index is 0.0228. The van der Waals surface area contributed by atoms with Crippen LogP contribution in [0.25, 0.3) is 0 Å². The van der Waals surface area contributed by atoms with Crippen LogP contribution in [0.15, 0.2) is 18.3 Å². The van der Waals surface area contributed by atoms with Crippen LogP contribution in [0.5, 0.6) is 0 Å². The SMILES string of the molecule is CCC(C)C(CO)Nc1ncccc1F. The van der Waals surface area contributed by atoms with Crippen LogP contribution in [-0.4, -0.2) is 22.7 Å². The molecule has 15 heavy (non-hydrogen) atoms. The summed E-state index contributed by atoms with van der Waals surface area (Å²) in [6, 6.07) is 2.73. The van der Waals surface area contributed by atoms with Crippen LogP contribution in [-0.2, 0) is 0 Å². The zero-order valence-electron chi connectivity index (χ0n) is 9.07. The minimum atomic E-state index is -0.390. The smallest absolute Gasteiger partial charge is 0.165 e. The highest BCUT2D eigenvalue weighted by Gasteiger charge is 2.16. The fraction of sp³-hybridized carbons (Fsp3) is 0.545. The molecule has 2 unspecified atom stereocenters. The highest BCUT2D eigenvalue weighted by Crippen LogP contribution is 2.15. The number of pyridine rings is 1. The van der Waals surface area contributed by atoms with Crippen LogP contribution in [0.1, 0.15) is 20.3 Å². The molecule has 0 aromatic carbocycles. The Hall–Kier alpha value is -1.16. The van der Waals surface area contributed by atoms with Crippen LogP contribution in [0.3, 0.4) is 0 Å². The zero-order valence-corrected chi connectivity index (χ0v) is 9.07. The van der Waals surface area contributed by atoms with Crippen molar-refractivity contribution in [1.82, 2.24) is 4.98 Å². The van der Waals surface area contributed by atoms with Crippen molar-refractivity contribution in [3.8, 4) is 0 Å². The van der Waals surface area contributed by atoms with Crippen LogP contribution >= 0.6 is 0 Å². The van der Waals surface area contributed by atoms with E-state index in [2.05, 4.69) is 10.3 Å². The molecule has 1 heterocycles. The number of aromatic nitrogens is 1. The molecule has 0 aliphatic rings. The minimum Gasteiger partial charge on any atom is -0.394 e. The number of anilines is 1. The van der Waals surface area contributed by atoms with Gasteiger partial charge in [-0.2, -0.15) is 0 Å². The molecule has 0 amide bonds. The third kappa shape index (κ3) is 3.16. The van der Waals surface area contributed by atoms with E-state index in [-0.39, 0.29) is 30.2 Å². The molecule has 0 fully saturated rings. The van der Waals surface area contributed by atoms with Crippen LogP contribution in [0.2, 0.25) is 0 Å². The maximum absolute atomic E-state index is 13.2. The normalized spacial score (nSPS) is 14.7. The number of nitrogens with zero attached hydrogens (tertiary/aromatic N) is 1. The standard InChI is InChI=1S/C11H17FN2O/c1-3-8(2)10(7-15)14-11-9(12)5-4-6-13-11/h4-6,8,10,15H,3,7H2,1-2H3,(H,13,14). The van der Waals surface area contributed by atoms with E-state index in [1.165, 1.54) is 18.3 Å². The highest BCUT2D eigenvalue weighted by atomic mass is 19.1. The second-order valence-electron chi connectivity index (χ2n) is 3.65. The second kappa shape index (κ2) is 5.66. The molecule has 0 spiro atoms. The van der Waals surface area contributed by atoms with Gasteiger partial charge in [0.05, 0.1) is 12.6 Å². The van der Waals surface area contributed by atoms with Crippen molar-refractivity contribution in [1.29, 1.82) is 0 Å². The molecule has 84 valence electrons. The summed E-state index contributed by atoms with van der Waals surface area (Å²) in [4.78, 5) is 3.89. The molecule has 0 aliphatic heterocycles. The molecule has 2 N–H and O–H groups in total. The summed E-state index contributed by atoms with van der Waals surface area (Å²) < 4.78 is 13.2. The van der Waals surface area contributed by atoms with Crippen molar-refractivity contribution in [3.05, 3.63) is 24.1 Å². The molecule has 0 radical (unpaired) electrons. The fourth-order valence-electron chi connectivity index (χ4n) is 1.32. The van der Waals surface area contributed by atoms with E-state index < -0.39 is 0 Å². The van der Waals surface area contributed by atoms with Gasteiger partial charge in [0.1, 0.15) is 0 Å². The van der Waals surface area contributed by atoms with Crippen molar-refractivity contribution < 1.29 is 9.50 Å². The third-order valence-electron chi connectivity index (χ3n) is 2.61. The van der Waals surface area contributed by atoms with E-state index in [9.17, 15) is 4.39 Å². The average molecular weight is 212 g/mol. The first-order chi connectivity index (χ1) is 7.19. The van der Waals surface area contributed by atoms with E-state index in [1.54, 1.807) is 0 Å². The van der Waals surface area contributed by atoms with E-state index in [0.717, 1.165) is 6.42 Å². The first-order valence-electron chi connectivity index (χ1n) is 5.17. The molecule has 0 bridgehead atoms. The lowest BCUT2D eigenvalue weighted by Gasteiger charge is -2.22. The first kappa shape index (κ1) is 11.9. The van der Waals surface area contributed by atoms with Crippen LogP contribution in [0.4, 0.5) is 10.2 Å². The van der Waals surface area contributed by atoms with Gasteiger partial charge in [0.15, 0.2) is 11.6 Å². The lowest BCUT2D eigenvalue weighted by Crippen LogP contribution is -2.31. The molecular formula is C11H17FN2O. The Kier molecular flexibility index (Phi) is 4.49. The molecule has 1 aromatic rings. The zero-order chi connectivity index (χ0) is 11.3. The Bertz CT molecular complexity index is 306. The molecule has 0 saturated heterocycles. The van der Waals surface area contributed by atoms with Gasteiger partial charge in [0, 0.05) is 6.20 Å². The average Bonchev–Trinajstić information content (AvgIpc) is 2.27. The Morgan fingerprint density at radius 2 is 2.33 bits per heavy atom. The molecule has 4 heteroatoms. The van der Waals surface area contributed by atoms with Gasteiger partial charge in [-0.3, -0.25) is 0 Å². The van der Waals surface area contributed by atoms with Gasteiger partial charge in [-0.1, -0.05) is 20.3 Å². The van der Waals surface area contributed by atoms with Gasteiger partial charge < -0.3 is 10.4 Å². The van der Waals surface area contributed by atoms with Crippen molar-refractivity contribution in [3.63, 3.8) is 0 Å². The van der Waals surface area contributed by atoms with Gasteiger partial charge in [-0.05, 0) is 18.1 Å². The Labute approximate surface area is 89.4 Å². The third-order valence-corrected chi connectivity index (χ3v) is 2.61. The Balaban J connectivity index is 2.71. The summed E-state index contributed by atoms with van der Waals surface area (Å²) >= 11 is 0. The number of rotatable bonds is 5. The van der Waals surface area contributed by atoms with Crippen molar-refractivity contribution in [2.24, 2.45) is 5.92 Å². The van der Waals surface area contributed by atoms with Gasteiger partial charge in [0.2, 0.25) is 0 Å². The van der Waals surface area contributed by atoms with Crippen LogP contribution < -0.4 is 5.32 Å². The number of aliphatic hydroxyl groups is 1. The van der Waals surface area contributed by atoms with Gasteiger partial charge >= 0.3 is 0 Å². The fourth-order valence-corrected chi connectivity index (χ4v) is 1.32. The molecule has 2 atom stereocenters. The Morgan fingerprint density at radius 1 is 1.60 bits per heavy atom. The lowest BCUT2D eigenvalue weighted by molar-refractivity contribution is 0.240. The second-order valence-corrected chi connectivity index (χ2v) is 3.65. The van der Waals surface area contributed by atoms with Crippen LogP contribution in [0, 0.1) is 11.7 Å². The van der Waals surface area contributed by atoms with Gasteiger partial charge in [0.25, 0.3) is 0 Å². The highest BCUT2D eigenvalue weighted by molar-refractivity contribution is 5.36. The number of aliphatic hydroxyl groups excluding tert-OH is 1. The maximum Gasteiger partial charge on any atom is 0.165 e. The monoisotopic (exact) mass is 212 g/mol. The first-order valence-corrected chi connectivity index (χ1v) is 5.17. The molecule has 3 nitrogen and oxygen atoms in total. The molecule has 1 rings (SSSR count). The summed E-state index contributed by atoms with van der Waals surface area (Å²) in [5, 5.41) is 12.1. The summed E-state index contributed by atoms with van der Waals surface area (Å²) in [5.74, 6) is 0.0903. The molecular weight excluding hydrogens is 195 g/mol. The van der Waals surface area contributed by atoms with Gasteiger partial charge in [-0.15, -0.1) is 0 Å². The van der Waals surface area contributed by atoms with Crippen molar-refractivity contribution >= 4 is 5.82 Å².